The van der Waals surface area contributed by atoms with E-state index in [0.717, 1.165) is 20.9 Å². The smallest absolute Gasteiger partial charge is 0.245 e. The second-order valence-corrected chi connectivity index (χ2v) is 10.7. The molecule has 0 spiro atoms. The summed E-state index contributed by atoms with van der Waals surface area (Å²) in [7, 11) is -3.74. The van der Waals surface area contributed by atoms with Gasteiger partial charge < -0.3 is 10.7 Å². The number of benzene rings is 2. The third-order valence-electron chi connectivity index (χ3n) is 5.38. The summed E-state index contributed by atoms with van der Waals surface area (Å²) in [6, 6.07) is 14.8. The number of imidazole rings is 1. The van der Waals surface area contributed by atoms with E-state index in [0.29, 0.717) is 17.8 Å². The van der Waals surface area contributed by atoms with Crippen molar-refractivity contribution in [3.63, 3.8) is 0 Å². The molecule has 2 atom stereocenters. The number of carbonyl (C=O) groups excluding carboxylic acids is 1. The van der Waals surface area contributed by atoms with Gasteiger partial charge >= 0.3 is 0 Å². The molecule has 7 nitrogen and oxygen atoms in total. The van der Waals surface area contributed by atoms with Crippen molar-refractivity contribution < 1.29 is 13.2 Å². The molecule has 0 radical (unpaired) electrons. The van der Waals surface area contributed by atoms with Gasteiger partial charge in [-0.1, -0.05) is 36.4 Å². The maximum atomic E-state index is 13.0. The van der Waals surface area contributed by atoms with Gasteiger partial charge in [-0.3, -0.25) is 4.79 Å². The van der Waals surface area contributed by atoms with Crippen molar-refractivity contribution in [3.05, 3.63) is 65.5 Å². The highest BCUT2D eigenvalue weighted by molar-refractivity contribution is 7.90. The van der Waals surface area contributed by atoms with Crippen molar-refractivity contribution in [2.24, 2.45) is 5.73 Å². The number of hydrogen-bond acceptors (Lipinski definition) is 5. The Morgan fingerprint density at radius 3 is 2.43 bits per heavy atom. The summed E-state index contributed by atoms with van der Waals surface area (Å²) in [5.74, 6) is 0.355. The van der Waals surface area contributed by atoms with Gasteiger partial charge in [0.2, 0.25) is 15.9 Å². The van der Waals surface area contributed by atoms with Crippen molar-refractivity contribution in [1.82, 2.24) is 14.3 Å². The Labute approximate surface area is 176 Å². The van der Waals surface area contributed by atoms with Crippen LogP contribution in [0.15, 0.2) is 48.5 Å². The lowest BCUT2D eigenvalue weighted by Gasteiger charge is -2.30. The Morgan fingerprint density at radius 2 is 1.83 bits per heavy atom. The van der Waals surface area contributed by atoms with Crippen LogP contribution < -0.4 is 5.73 Å². The fourth-order valence-electron chi connectivity index (χ4n) is 4.03. The number of amides is 1. The van der Waals surface area contributed by atoms with Gasteiger partial charge in [0.1, 0.15) is 11.1 Å². The van der Waals surface area contributed by atoms with Crippen molar-refractivity contribution >= 4 is 27.0 Å². The van der Waals surface area contributed by atoms with E-state index in [9.17, 15) is 13.2 Å². The summed E-state index contributed by atoms with van der Waals surface area (Å²) in [5, 5.41) is -0.845. The molecule has 1 saturated heterocycles. The van der Waals surface area contributed by atoms with Crippen molar-refractivity contribution in [3.8, 4) is 0 Å². The first-order valence-electron chi connectivity index (χ1n) is 9.93. The zero-order valence-electron chi connectivity index (χ0n) is 17.3. The molecule has 0 bridgehead atoms. The lowest BCUT2D eigenvalue weighted by molar-refractivity contribution is -0.128. The lowest BCUT2D eigenvalue weighted by Crippen LogP contribution is -2.45. The van der Waals surface area contributed by atoms with E-state index in [4.69, 9.17) is 5.73 Å². The van der Waals surface area contributed by atoms with Gasteiger partial charge in [-0.05, 0) is 50.5 Å². The van der Waals surface area contributed by atoms with Crippen LogP contribution in [0.3, 0.4) is 0 Å². The number of nitrogens with one attached hydrogen (secondary N) is 1. The number of H-pyrrole nitrogens is 1. The van der Waals surface area contributed by atoms with Crippen LogP contribution in [0.25, 0.3) is 11.0 Å². The number of carbonyl (C=O) groups is 1. The molecule has 4 rings (SSSR count). The Hall–Kier alpha value is -2.71. The standard InChI is InChI=1S/C22H26N4O3S/c1-22(2,3)26-20(27)13-19(30(26,28)29)15-10-8-14(9-11-15)12-16(23)21-24-17-6-4-5-7-18(17)25-21/h4-11,16,19H,12-13,23H2,1-3H3,(H,24,25)/t16-,19+/m0/s1. The molecular weight excluding hydrogens is 400 g/mol. The predicted molar refractivity (Wildman–Crippen MR) is 116 cm³/mol. The van der Waals surface area contributed by atoms with Gasteiger partial charge in [-0.15, -0.1) is 0 Å². The van der Waals surface area contributed by atoms with E-state index in [-0.39, 0.29) is 18.4 Å². The molecule has 2 heterocycles. The molecule has 0 unspecified atom stereocenters. The minimum Gasteiger partial charge on any atom is -0.341 e. The summed E-state index contributed by atoms with van der Waals surface area (Å²) in [6.45, 7) is 5.19. The number of para-hydroxylation sites is 2. The quantitative estimate of drug-likeness (QED) is 0.666. The van der Waals surface area contributed by atoms with Gasteiger partial charge in [0.25, 0.3) is 0 Å². The Balaban J connectivity index is 1.52. The molecule has 3 N–H and O–H groups in total. The highest BCUT2D eigenvalue weighted by atomic mass is 32.2. The summed E-state index contributed by atoms with van der Waals surface area (Å²) >= 11 is 0. The highest BCUT2D eigenvalue weighted by Gasteiger charge is 2.49. The van der Waals surface area contributed by atoms with E-state index < -0.39 is 20.8 Å². The van der Waals surface area contributed by atoms with Crippen LogP contribution in [0, 0.1) is 0 Å². The normalized spacial score (nSPS) is 20.1. The highest BCUT2D eigenvalue weighted by Crippen LogP contribution is 2.40. The fraction of sp³-hybridized carbons (Fsp3) is 0.364. The molecule has 0 aliphatic carbocycles. The molecule has 158 valence electrons. The Kier molecular flexibility index (Phi) is 4.94. The first-order chi connectivity index (χ1) is 14.1. The number of aromatic amines is 1. The molecule has 1 aromatic heterocycles. The summed E-state index contributed by atoms with van der Waals surface area (Å²) in [5.41, 5.74) is 8.97. The van der Waals surface area contributed by atoms with E-state index >= 15 is 0 Å². The molecule has 8 heteroatoms. The number of nitrogens with two attached hydrogens (primary N) is 1. The molecule has 1 aliphatic rings. The zero-order chi connectivity index (χ0) is 21.7. The number of fused-ring (bicyclic) bond motifs is 1. The minimum absolute atomic E-state index is 0.0303. The Morgan fingerprint density at radius 1 is 1.17 bits per heavy atom. The van der Waals surface area contributed by atoms with Crippen LogP contribution in [-0.2, 0) is 21.2 Å². The molecule has 1 amide bonds. The van der Waals surface area contributed by atoms with Gasteiger partial charge in [-0.25, -0.2) is 17.7 Å². The monoisotopic (exact) mass is 426 g/mol. The zero-order valence-corrected chi connectivity index (χ0v) is 18.1. The molecule has 1 aliphatic heterocycles. The number of aromatic nitrogens is 2. The summed E-state index contributed by atoms with van der Waals surface area (Å²) < 4.78 is 26.9. The van der Waals surface area contributed by atoms with Gasteiger partial charge in [0, 0.05) is 0 Å². The van der Waals surface area contributed by atoms with Gasteiger partial charge in [-0.2, -0.15) is 0 Å². The minimum atomic E-state index is -3.74. The van der Waals surface area contributed by atoms with E-state index in [1.54, 1.807) is 32.9 Å². The molecule has 2 aromatic carbocycles. The Bertz CT molecular complexity index is 1160. The average Bonchev–Trinajstić information content (AvgIpc) is 3.19. The SMILES string of the molecule is CC(C)(C)N1C(=O)C[C@H](c2ccc(C[C@H](N)c3nc4ccccc4[nH]3)cc2)S1(=O)=O. The average molecular weight is 427 g/mol. The summed E-state index contributed by atoms with van der Waals surface area (Å²) in [4.78, 5) is 20.2. The van der Waals surface area contributed by atoms with Crippen LogP contribution in [0.2, 0.25) is 0 Å². The van der Waals surface area contributed by atoms with Crippen molar-refractivity contribution in [2.45, 2.75) is 50.4 Å². The second kappa shape index (κ2) is 7.21. The first-order valence-corrected chi connectivity index (χ1v) is 11.4. The van der Waals surface area contributed by atoms with Crippen LogP contribution in [0.5, 0.6) is 0 Å². The van der Waals surface area contributed by atoms with Gasteiger partial charge in [0.05, 0.1) is 29.0 Å². The van der Waals surface area contributed by atoms with Crippen LogP contribution in [-0.4, -0.2) is 34.1 Å². The number of rotatable bonds is 4. The number of nitrogens with zero attached hydrogens (tertiary/aromatic N) is 2. The number of sulfonamides is 1. The third-order valence-corrected chi connectivity index (χ3v) is 7.79. The van der Waals surface area contributed by atoms with Crippen LogP contribution in [0.1, 0.15) is 55.4 Å². The lowest BCUT2D eigenvalue weighted by atomic mass is 10.0. The molecular formula is C22H26N4O3S. The molecule has 1 fully saturated rings. The molecule has 0 saturated carbocycles. The molecule has 30 heavy (non-hydrogen) atoms. The largest absolute Gasteiger partial charge is 0.341 e. The topological polar surface area (TPSA) is 109 Å². The van der Waals surface area contributed by atoms with Crippen molar-refractivity contribution in [1.29, 1.82) is 0 Å². The van der Waals surface area contributed by atoms with Crippen molar-refractivity contribution in [2.75, 3.05) is 0 Å². The second-order valence-electron chi connectivity index (χ2n) is 8.76. The van der Waals surface area contributed by atoms with Gasteiger partial charge in [0.15, 0.2) is 0 Å². The maximum Gasteiger partial charge on any atom is 0.245 e. The van der Waals surface area contributed by atoms with Crippen LogP contribution >= 0.6 is 0 Å². The maximum absolute atomic E-state index is 13.0. The third kappa shape index (κ3) is 3.61. The van der Waals surface area contributed by atoms with Crippen LogP contribution in [0.4, 0.5) is 0 Å². The van der Waals surface area contributed by atoms with E-state index in [1.165, 1.54) is 0 Å². The molecule has 3 aromatic rings. The first kappa shape index (κ1) is 20.6. The number of hydrogen-bond donors (Lipinski definition) is 2. The van der Waals surface area contributed by atoms with E-state index in [1.807, 2.05) is 36.4 Å². The summed E-state index contributed by atoms with van der Waals surface area (Å²) in [6.07, 6.45) is 0.530. The fourth-order valence-corrected chi connectivity index (χ4v) is 6.26. The van der Waals surface area contributed by atoms with E-state index in [2.05, 4.69) is 9.97 Å². The predicted octanol–water partition coefficient (Wildman–Crippen LogP) is 3.21.